The van der Waals surface area contributed by atoms with E-state index >= 15 is 0 Å². The quantitative estimate of drug-likeness (QED) is 0.436. The Kier molecular flexibility index (Phi) is 8.63. The van der Waals surface area contributed by atoms with Crippen molar-refractivity contribution in [2.45, 2.75) is 52.6 Å². The van der Waals surface area contributed by atoms with Crippen LogP contribution in [0.5, 0.6) is 0 Å². The number of nitrogens with zero attached hydrogens (tertiary/aromatic N) is 1. The minimum atomic E-state index is -0.690. The van der Waals surface area contributed by atoms with Crippen molar-refractivity contribution in [1.29, 1.82) is 0 Å². The van der Waals surface area contributed by atoms with Crippen LogP contribution in [0.3, 0.4) is 0 Å². The average molecular weight is 475 g/mol. The third kappa shape index (κ3) is 6.47. The molecule has 0 spiro atoms. The Bertz CT molecular complexity index is 1250. The van der Waals surface area contributed by atoms with Crippen LogP contribution in [0.4, 0.5) is 0 Å². The highest BCUT2D eigenvalue weighted by atomic mass is 16.5. The first kappa shape index (κ1) is 25.9. The zero-order chi connectivity index (χ0) is 25.5. The van der Waals surface area contributed by atoms with E-state index in [1.54, 1.807) is 18.3 Å². The second-order valence-corrected chi connectivity index (χ2v) is 9.32. The fourth-order valence-corrected chi connectivity index (χ4v) is 4.28. The van der Waals surface area contributed by atoms with E-state index < -0.39 is 18.1 Å². The van der Waals surface area contributed by atoms with Crippen molar-refractivity contribution in [3.63, 3.8) is 0 Å². The molecule has 0 saturated heterocycles. The third-order valence-corrected chi connectivity index (χ3v) is 6.20. The lowest BCUT2D eigenvalue weighted by Crippen LogP contribution is -2.40. The summed E-state index contributed by atoms with van der Waals surface area (Å²) in [5.74, 6) is -0.548. The summed E-state index contributed by atoms with van der Waals surface area (Å²) in [5, 5.41) is 3.04. The summed E-state index contributed by atoms with van der Waals surface area (Å²) < 4.78 is 6.38. The zero-order valence-electron chi connectivity index (χ0n) is 21.1. The van der Waals surface area contributed by atoms with Crippen molar-refractivity contribution in [2.75, 3.05) is 7.11 Å². The number of nitrogens with one attached hydrogen (secondary N) is 1. The largest absolute Gasteiger partial charge is 0.469 e. The molecule has 35 heavy (non-hydrogen) atoms. The van der Waals surface area contributed by atoms with Gasteiger partial charge in [0.1, 0.15) is 6.04 Å². The van der Waals surface area contributed by atoms with E-state index in [4.69, 9.17) is 4.74 Å². The van der Waals surface area contributed by atoms with Gasteiger partial charge in [0.2, 0.25) is 5.91 Å². The average Bonchev–Trinajstić information content (AvgIpc) is 2.83. The Hall–Kier alpha value is -3.67. The predicted molar refractivity (Wildman–Crippen MR) is 138 cm³/mol. The number of carbonyl (C=O) groups is 2. The Balaban J connectivity index is 2.00. The van der Waals surface area contributed by atoms with Gasteiger partial charge in [-0.05, 0) is 66.1 Å². The Labute approximate surface area is 207 Å². The number of aryl methyl sites for hydroxylation is 2. The molecule has 6 nitrogen and oxygen atoms in total. The maximum atomic E-state index is 13.5. The summed E-state index contributed by atoms with van der Waals surface area (Å²) >= 11 is 0. The second-order valence-electron chi connectivity index (χ2n) is 9.32. The Morgan fingerprint density at radius 2 is 1.63 bits per heavy atom. The van der Waals surface area contributed by atoms with Gasteiger partial charge < -0.3 is 14.6 Å². The van der Waals surface area contributed by atoms with Crippen molar-refractivity contribution >= 4 is 11.9 Å². The first-order valence-electron chi connectivity index (χ1n) is 11.9. The van der Waals surface area contributed by atoms with Crippen LogP contribution >= 0.6 is 0 Å². The zero-order valence-corrected chi connectivity index (χ0v) is 21.1. The highest BCUT2D eigenvalue weighted by molar-refractivity contribution is 5.82. The number of amides is 1. The van der Waals surface area contributed by atoms with Crippen molar-refractivity contribution in [3.05, 3.63) is 93.9 Å². The van der Waals surface area contributed by atoms with Gasteiger partial charge in [0, 0.05) is 12.3 Å². The fraction of sp³-hybridized carbons (Fsp3) is 0.345. The van der Waals surface area contributed by atoms with Gasteiger partial charge in [0.15, 0.2) is 0 Å². The molecule has 6 heteroatoms. The van der Waals surface area contributed by atoms with E-state index in [-0.39, 0.29) is 23.8 Å². The van der Waals surface area contributed by atoms with Crippen LogP contribution in [0.15, 0.2) is 71.7 Å². The normalized spacial score (nSPS) is 12.7. The smallest absolute Gasteiger partial charge is 0.307 e. The maximum Gasteiger partial charge on any atom is 0.307 e. The van der Waals surface area contributed by atoms with E-state index in [9.17, 15) is 14.4 Å². The van der Waals surface area contributed by atoms with Crippen LogP contribution in [-0.2, 0) is 14.3 Å². The van der Waals surface area contributed by atoms with Crippen LogP contribution in [0.2, 0.25) is 0 Å². The van der Waals surface area contributed by atoms with E-state index in [1.165, 1.54) is 17.7 Å². The minimum Gasteiger partial charge on any atom is -0.469 e. The highest BCUT2D eigenvalue weighted by Crippen LogP contribution is 2.31. The van der Waals surface area contributed by atoms with Crippen LogP contribution in [-0.4, -0.2) is 23.6 Å². The summed E-state index contributed by atoms with van der Waals surface area (Å²) in [6, 6.07) is 17.6. The van der Waals surface area contributed by atoms with Gasteiger partial charge in [-0.25, -0.2) is 0 Å². The van der Waals surface area contributed by atoms with Crippen molar-refractivity contribution in [3.8, 4) is 11.1 Å². The molecule has 2 aromatic carbocycles. The summed E-state index contributed by atoms with van der Waals surface area (Å²) in [4.78, 5) is 38.3. The molecule has 1 aromatic heterocycles. The molecular weight excluding hydrogens is 440 g/mol. The number of rotatable bonds is 9. The van der Waals surface area contributed by atoms with Gasteiger partial charge >= 0.3 is 5.97 Å². The molecule has 0 aliphatic rings. The Morgan fingerprint density at radius 3 is 2.29 bits per heavy atom. The van der Waals surface area contributed by atoms with Gasteiger partial charge in [0.05, 0.1) is 19.6 Å². The molecule has 3 aromatic rings. The fourth-order valence-electron chi connectivity index (χ4n) is 4.28. The summed E-state index contributed by atoms with van der Waals surface area (Å²) in [7, 11) is 1.33. The summed E-state index contributed by atoms with van der Waals surface area (Å²) in [6.45, 7) is 8.12. The maximum absolute atomic E-state index is 13.5. The van der Waals surface area contributed by atoms with Crippen molar-refractivity contribution < 1.29 is 14.3 Å². The molecule has 2 atom stereocenters. The minimum absolute atomic E-state index is 0.0173. The lowest BCUT2D eigenvalue weighted by molar-refractivity contribution is -0.141. The van der Waals surface area contributed by atoms with Gasteiger partial charge in [-0.1, -0.05) is 56.3 Å². The molecule has 1 heterocycles. The first-order chi connectivity index (χ1) is 16.7. The van der Waals surface area contributed by atoms with Gasteiger partial charge in [0.25, 0.3) is 5.56 Å². The second kappa shape index (κ2) is 11.6. The number of esters is 1. The topological polar surface area (TPSA) is 77.4 Å². The molecular formula is C29H34N2O4. The van der Waals surface area contributed by atoms with Crippen molar-refractivity contribution in [2.24, 2.45) is 5.92 Å². The number of aromatic nitrogens is 1. The monoisotopic (exact) mass is 474 g/mol. The van der Waals surface area contributed by atoms with Crippen LogP contribution in [0, 0.1) is 19.8 Å². The van der Waals surface area contributed by atoms with Gasteiger partial charge in [-0.15, -0.1) is 0 Å². The van der Waals surface area contributed by atoms with Gasteiger partial charge in [-0.3, -0.25) is 14.4 Å². The summed E-state index contributed by atoms with van der Waals surface area (Å²) in [5.41, 5.74) is 4.94. The predicted octanol–water partition coefficient (Wildman–Crippen LogP) is 5.14. The lowest BCUT2D eigenvalue weighted by atomic mass is 9.92. The Morgan fingerprint density at radius 1 is 0.943 bits per heavy atom. The lowest BCUT2D eigenvalue weighted by Gasteiger charge is -2.25. The number of methoxy groups -OCH3 is 1. The first-order valence-corrected chi connectivity index (χ1v) is 11.9. The highest BCUT2D eigenvalue weighted by Gasteiger charge is 2.27. The van der Waals surface area contributed by atoms with Crippen LogP contribution in [0.25, 0.3) is 11.1 Å². The number of carbonyl (C=O) groups excluding carboxylic acids is 2. The van der Waals surface area contributed by atoms with E-state index in [0.29, 0.717) is 6.42 Å². The molecule has 0 aliphatic carbocycles. The molecule has 3 rings (SSSR count). The van der Waals surface area contributed by atoms with Crippen LogP contribution < -0.4 is 10.9 Å². The molecule has 184 valence electrons. The number of hydrogen-bond donors (Lipinski definition) is 1. The molecule has 0 radical (unpaired) electrons. The van der Waals surface area contributed by atoms with Crippen LogP contribution in [0.1, 0.15) is 55.5 Å². The summed E-state index contributed by atoms with van der Waals surface area (Å²) in [6.07, 6.45) is 2.10. The number of hydrogen-bond acceptors (Lipinski definition) is 4. The molecule has 0 aliphatic heterocycles. The van der Waals surface area contributed by atoms with E-state index in [2.05, 4.69) is 24.4 Å². The van der Waals surface area contributed by atoms with E-state index in [1.807, 2.05) is 51.1 Å². The number of ether oxygens (including phenoxy) is 1. The van der Waals surface area contributed by atoms with Crippen molar-refractivity contribution in [1.82, 2.24) is 9.88 Å². The van der Waals surface area contributed by atoms with E-state index in [0.717, 1.165) is 27.8 Å². The molecule has 2 unspecified atom stereocenters. The molecule has 1 N–H and O–H groups in total. The number of benzene rings is 2. The molecule has 1 amide bonds. The molecule has 0 saturated carbocycles. The third-order valence-electron chi connectivity index (χ3n) is 6.20. The number of pyridine rings is 1. The SMILES string of the molecule is COC(=O)CC(NC(=O)C(CC(C)C)n1ccccc1=O)c1ccc(C)c(-c2ccccc2C)c1. The standard InChI is InChI=1S/C29H34N2O4/c1-19(2)16-26(31-15-9-8-12-27(31)32)29(34)30-25(18-28(33)35-5)22-14-13-21(4)24(17-22)23-11-7-6-10-20(23)3/h6-15,17,19,25-26H,16,18H2,1-5H3,(H,30,34). The molecule has 0 fully saturated rings. The molecule has 0 bridgehead atoms. The van der Waals surface area contributed by atoms with Gasteiger partial charge in [-0.2, -0.15) is 0 Å².